The molecule has 0 aliphatic carbocycles. The number of benzene rings is 2. The fourth-order valence-corrected chi connectivity index (χ4v) is 8.27. The van der Waals surface area contributed by atoms with Gasteiger partial charge in [0.1, 0.15) is 54.9 Å². The summed E-state index contributed by atoms with van der Waals surface area (Å²) in [5.41, 5.74) is 19.0. The summed E-state index contributed by atoms with van der Waals surface area (Å²) in [6.45, 7) is 2.14. The van der Waals surface area contributed by atoms with Gasteiger partial charge in [-0.25, -0.2) is 9.78 Å². The summed E-state index contributed by atoms with van der Waals surface area (Å²) in [4.78, 5) is 148. The van der Waals surface area contributed by atoms with E-state index in [0.29, 0.717) is 21.7 Å². The van der Waals surface area contributed by atoms with E-state index in [1.165, 1.54) is 26.4 Å². The fraction of sp³-hybridized carbons (Fsp3) is 0.404. The molecule has 16 N–H and O–H groups in total. The van der Waals surface area contributed by atoms with E-state index in [-0.39, 0.29) is 56.1 Å². The molecular formula is C47H62N16O10S2. The van der Waals surface area contributed by atoms with E-state index in [0.717, 1.165) is 10.9 Å². The molecule has 2 aromatic carbocycles. The number of H-pyrrole nitrogens is 2. The molecule has 1 saturated heterocycles. The molecule has 2 aromatic heterocycles. The van der Waals surface area contributed by atoms with Crippen molar-refractivity contribution in [3.8, 4) is 0 Å². The van der Waals surface area contributed by atoms with Gasteiger partial charge in [0.05, 0.1) is 6.33 Å². The van der Waals surface area contributed by atoms with Crippen molar-refractivity contribution in [2.45, 2.75) is 94.3 Å². The third-order valence-electron chi connectivity index (χ3n) is 11.8. The lowest BCUT2D eigenvalue weighted by Gasteiger charge is -2.27. The highest BCUT2D eigenvalue weighted by Crippen LogP contribution is 2.20. The molecule has 28 heteroatoms. The molecule has 75 heavy (non-hydrogen) atoms. The number of urea groups is 1. The second-order valence-corrected chi connectivity index (χ2v) is 18.2. The van der Waals surface area contributed by atoms with Gasteiger partial charge < -0.3 is 69.7 Å². The first-order valence-corrected chi connectivity index (χ1v) is 24.9. The van der Waals surface area contributed by atoms with Crippen LogP contribution in [0.3, 0.4) is 0 Å². The quantitative estimate of drug-likeness (QED) is 0.00872. The van der Waals surface area contributed by atoms with Gasteiger partial charge >= 0.3 is 6.03 Å². The van der Waals surface area contributed by atoms with Crippen LogP contribution in [0.25, 0.3) is 10.9 Å². The molecule has 402 valence electrons. The van der Waals surface area contributed by atoms with Crippen molar-refractivity contribution in [3.05, 3.63) is 90.1 Å². The Balaban J connectivity index is 1.36. The van der Waals surface area contributed by atoms with Crippen molar-refractivity contribution < 1.29 is 47.9 Å². The summed E-state index contributed by atoms with van der Waals surface area (Å²) in [5, 5.41) is 21.3. The minimum absolute atomic E-state index is 0.0474. The normalized spacial score (nSPS) is 15.9. The number of nitrogens with zero attached hydrogens (tertiary/aromatic N) is 3. The summed E-state index contributed by atoms with van der Waals surface area (Å²) >= 11 is 8.29. The van der Waals surface area contributed by atoms with Gasteiger partial charge in [-0.05, 0) is 43.9 Å². The van der Waals surface area contributed by atoms with Crippen LogP contribution >= 0.6 is 25.3 Å². The Kier molecular flexibility index (Phi) is 21.4. The molecule has 1 aliphatic rings. The van der Waals surface area contributed by atoms with Crippen LogP contribution in [0.15, 0.2) is 78.3 Å². The van der Waals surface area contributed by atoms with E-state index in [1.54, 1.807) is 42.6 Å². The predicted molar refractivity (Wildman–Crippen MR) is 280 cm³/mol. The molecule has 5 rings (SSSR count). The Morgan fingerprint density at radius 2 is 1.27 bits per heavy atom. The van der Waals surface area contributed by atoms with Crippen LogP contribution in [0.5, 0.6) is 0 Å². The molecule has 0 radical (unpaired) electrons. The van der Waals surface area contributed by atoms with Crippen molar-refractivity contribution in [2.75, 3.05) is 24.6 Å². The average Bonchev–Trinajstić information content (AvgIpc) is 4.11. The molecule has 0 spiro atoms. The molecule has 0 unspecified atom stereocenters. The number of imide groups is 1. The van der Waals surface area contributed by atoms with Crippen molar-refractivity contribution in [1.29, 1.82) is 0 Å². The Labute approximate surface area is 441 Å². The van der Waals surface area contributed by atoms with Crippen LogP contribution < -0.4 is 59.7 Å². The largest absolute Gasteiger partial charge is 0.370 e. The number of aliphatic imine (C=N–C) groups is 1. The number of nitrogens with one attached hydrogen (secondary N) is 10. The maximum atomic E-state index is 14.6. The molecule has 11 amide bonds. The van der Waals surface area contributed by atoms with Gasteiger partial charge in [-0.15, -0.1) is 0 Å². The summed E-state index contributed by atoms with van der Waals surface area (Å²) in [6, 6.07) is 4.91. The molecular weight excluding hydrogens is 1010 g/mol. The third-order valence-corrected chi connectivity index (χ3v) is 12.5. The number of thiol groups is 2. The Morgan fingerprint density at radius 3 is 1.87 bits per heavy atom. The smallest absolute Gasteiger partial charge is 0.325 e. The molecule has 1 fully saturated rings. The number of aromatic amines is 2. The highest BCUT2D eigenvalue weighted by atomic mass is 32.1. The monoisotopic (exact) mass is 1070 g/mol. The SMILES string of the molecule is C[C@@H](NC(=O)[C@H](CS)NC(=O)CN1C(=O)N[C@H](C)C1=O)C(=O)N[C@@H](Cc1cnc[nH]1)C(=O)N[C@H](Cc1ccccc1)C(=O)N[C@@H](CCCN=C(N)N)C(=O)N[C@@H](Cc1c[nH]c2ccccc12)C(=O)N[C@@H](CS)C(N)=O. The number of aromatic nitrogens is 3. The van der Waals surface area contributed by atoms with Crippen molar-refractivity contribution in [2.24, 2.45) is 22.2 Å². The number of guanidine groups is 1. The lowest BCUT2D eigenvalue weighted by molar-refractivity contribution is -0.135. The van der Waals surface area contributed by atoms with Gasteiger partial charge in [-0.1, -0.05) is 48.5 Å². The number of hydrogen-bond acceptors (Lipinski definition) is 14. The minimum atomic E-state index is -1.42. The van der Waals surface area contributed by atoms with Crippen LogP contribution in [0.2, 0.25) is 0 Å². The van der Waals surface area contributed by atoms with E-state index in [2.05, 4.69) is 87.7 Å². The number of amides is 11. The van der Waals surface area contributed by atoms with E-state index in [1.807, 2.05) is 18.2 Å². The Hall–Kier alpha value is -8.14. The first kappa shape index (κ1) is 57.8. The zero-order chi connectivity index (χ0) is 54.8. The molecule has 3 heterocycles. The second kappa shape index (κ2) is 27.8. The number of hydrogen-bond donors (Lipinski definition) is 15. The van der Waals surface area contributed by atoms with Crippen LogP contribution in [0, 0.1) is 0 Å². The van der Waals surface area contributed by atoms with Gasteiger partial charge in [0.15, 0.2) is 5.96 Å². The zero-order valence-corrected chi connectivity index (χ0v) is 42.8. The van der Waals surface area contributed by atoms with Crippen LogP contribution in [-0.2, 0) is 62.4 Å². The van der Waals surface area contributed by atoms with Crippen LogP contribution in [0.1, 0.15) is 43.5 Å². The number of rotatable bonds is 28. The van der Waals surface area contributed by atoms with Crippen molar-refractivity contribution in [1.82, 2.24) is 62.4 Å². The van der Waals surface area contributed by atoms with Gasteiger partial charge in [0.25, 0.3) is 5.91 Å². The predicted octanol–water partition coefficient (Wildman–Crippen LogP) is -3.33. The molecule has 1 aliphatic heterocycles. The van der Waals surface area contributed by atoms with Gasteiger partial charge in [-0.2, -0.15) is 25.3 Å². The first-order valence-electron chi connectivity index (χ1n) is 23.6. The van der Waals surface area contributed by atoms with Gasteiger partial charge in [-0.3, -0.25) is 53.0 Å². The number of carbonyl (C=O) groups is 10. The number of nitrogens with two attached hydrogens (primary N) is 3. The van der Waals surface area contributed by atoms with E-state index in [9.17, 15) is 47.9 Å². The summed E-state index contributed by atoms with van der Waals surface area (Å²) in [6.07, 6.45) is 4.15. The maximum Gasteiger partial charge on any atom is 0.325 e. The van der Waals surface area contributed by atoms with E-state index >= 15 is 0 Å². The molecule has 4 aromatic rings. The second-order valence-electron chi connectivity index (χ2n) is 17.5. The zero-order valence-electron chi connectivity index (χ0n) is 41.0. The Bertz CT molecular complexity index is 2720. The topological polar surface area (TPSA) is 405 Å². The highest BCUT2D eigenvalue weighted by Gasteiger charge is 2.38. The molecule has 8 atom stereocenters. The van der Waals surface area contributed by atoms with Crippen molar-refractivity contribution in [3.63, 3.8) is 0 Å². The lowest BCUT2D eigenvalue weighted by Crippen LogP contribution is -2.60. The number of para-hydroxylation sites is 1. The van der Waals surface area contributed by atoms with Crippen LogP contribution in [0.4, 0.5) is 4.79 Å². The number of primary amides is 1. The Morgan fingerprint density at radius 1 is 0.693 bits per heavy atom. The van der Waals surface area contributed by atoms with Gasteiger partial charge in [0.2, 0.25) is 47.3 Å². The summed E-state index contributed by atoms with van der Waals surface area (Å²) in [5.74, 6) is -7.93. The third kappa shape index (κ3) is 17.0. The fourth-order valence-electron chi connectivity index (χ4n) is 7.75. The molecule has 26 nitrogen and oxygen atoms in total. The van der Waals surface area contributed by atoms with E-state index < -0.39 is 114 Å². The van der Waals surface area contributed by atoms with E-state index in [4.69, 9.17) is 17.2 Å². The molecule has 0 bridgehead atoms. The number of carbonyl (C=O) groups excluding carboxylic acids is 10. The lowest BCUT2D eigenvalue weighted by atomic mass is 10.0. The first-order chi connectivity index (χ1) is 35.8. The number of imidazole rings is 1. The van der Waals surface area contributed by atoms with Crippen LogP contribution in [-0.4, -0.2) is 158 Å². The van der Waals surface area contributed by atoms with Crippen molar-refractivity contribution >= 4 is 101 Å². The summed E-state index contributed by atoms with van der Waals surface area (Å²) in [7, 11) is 0. The summed E-state index contributed by atoms with van der Waals surface area (Å²) < 4.78 is 0. The molecule has 0 saturated carbocycles. The van der Waals surface area contributed by atoms with Gasteiger partial charge in [0, 0.05) is 66.3 Å². The minimum Gasteiger partial charge on any atom is -0.370 e. The average molecular weight is 1080 g/mol. The maximum absolute atomic E-state index is 14.6. The highest BCUT2D eigenvalue weighted by molar-refractivity contribution is 7.80. The standard InChI is InChI=1S/C47H62N16O10S2/c1-24(55-44(71)36(22-75)57-37(64)20-63-45(72)25(2)56-47(63)73)39(66)59-34(17-28-19-51-23-54-28)43(70)60-32(15-26-9-4-3-5-10-26)41(68)58-31(13-8-14-52-46(49)50)40(67)61-33(42(69)62-35(21-74)38(48)65)16-27-18-53-30-12-7-6-11-29(27)30/h3-7,9-12,18-19,23-25,31-36,53,74-75H,8,13-17,20-22H2,1-2H3,(H2,48,65)(H,51,54)(H,55,71)(H,56,73)(H,57,64)(H,58,68)(H,59,66)(H,60,70)(H,61,67)(H,62,69)(H4,49,50,52)/t24-,25-,31+,32-,33+,34+,35+,36+/m1/s1. The number of fused-ring (bicyclic) bond motifs is 1.